The van der Waals surface area contributed by atoms with Crippen LogP contribution in [0.5, 0.6) is 0 Å². The van der Waals surface area contributed by atoms with Crippen LogP contribution in [0.25, 0.3) is 0 Å². The molecule has 1 heterocycles. The number of carbonyl (C=O) groups is 14. The first-order chi connectivity index (χ1) is 37.2. The largest absolute Gasteiger partial charge is 0.394 e. The highest BCUT2D eigenvalue weighted by atomic mass is 16.8. The summed E-state index contributed by atoms with van der Waals surface area (Å²) in [5, 5.41) is 70.4. The van der Waals surface area contributed by atoms with Crippen molar-refractivity contribution in [2.75, 3.05) is 46.2 Å². The summed E-state index contributed by atoms with van der Waals surface area (Å²) in [5.74, 6) is 0. The molecule has 0 aromatic heterocycles. The monoisotopic (exact) mass is 1120 g/mol. The Balaban J connectivity index is 3.88. The summed E-state index contributed by atoms with van der Waals surface area (Å²) in [6.45, 7) is -8.99. The van der Waals surface area contributed by atoms with Crippen LogP contribution in [-0.2, 0) is 133 Å². The molecule has 77 heavy (non-hydrogen) atoms. The Morgan fingerprint density at radius 2 is 0.286 bits per heavy atom. The maximum Gasteiger partial charge on any atom is 0.215 e. The minimum Gasteiger partial charge on any atom is -0.394 e. The zero-order valence-corrected chi connectivity index (χ0v) is 39.7. The van der Waals surface area contributed by atoms with Gasteiger partial charge in [-0.1, -0.05) is 0 Å². The van der Waals surface area contributed by atoms with Gasteiger partial charge in [0, 0.05) is 0 Å². The molecule has 0 radical (unpaired) electrons. The average Bonchev–Trinajstić information content (AvgIpc) is 3.46. The second-order valence-corrected chi connectivity index (χ2v) is 14.7. The lowest BCUT2D eigenvalue weighted by molar-refractivity contribution is -0.265. The van der Waals surface area contributed by atoms with Gasteiger partial charge in [0.1, 0.15) is 85.5 Å². The fourth-order valence-corrected chi connectivity index (χ4v) is 5.99. The summed E-state index contributed by atoms with van der Waals surface area (Å²) >= 11 is 0. The van der Waals surface area contributed by atoms with Crippen LogP contribution in [0, 0.1) is 0 Å². The van der Waals surface area contributed by atoms with Crippen LogP contribution >= 0.6 is 0 Å². The lowest BCUT2D eigenvalue weighted by Crippen LogP contribution is -2.49. The molecule has 1 saturated heterocycles. The third kappa shape index (κ3) is 22.8. The molecule has 0 bridgehead atoms. The first kappa shape index (κ1) is 69.6. The molecule has 0 amide bonds. The maximum absolute atomic E-state index is 12.2. The van der Waals surface area contributed by atoms with E-state index in [2.05, 4.69) is 0 Å². The smallest absolute Gasteiger partial charge is 0.215 e. The molecule has 0 spiro atoms. The van der Waals surface area contributed by atoms with Crippen LogP contribution in [0.1, 0.15) is 0 Å². The number of ether oxygens (including phenoxy) is 14. The molecular weight excluding hydrogens is 1060 g/mol. The first-order valence-corrected chi connectivity index (χ1v) is 22.0. The third-order valence-corrected chi connectivity index (χ3v) is 9.74. The van der Waals surface area contributed by atoms with Gasteiger partial charge < -0.3 is 136 Å². The van der Waals surface area contributed by atoms with Gasteiger partial charge in [0.2, 0.25) is 44.0 Å². The van der Waals surface area contributed by atoms with E-state index < -0.39 is 176 Å². The van der Waals surface area contributed by atoms with Crippen molar-refractivity contribution >= 4 is 88.0 Å². The fourth-order valence-electron chi connectivity index (χ4n) is 5.99. The van der Waals surface area contributed by atoms with E-state index >= 15 is 0 Å². The summed E-state index contributed by atoms with van der Waals surface area (Å²) in [4.78, 5) is 170. The topological polar surface area (TPSA) is 510 Å². The standard InChI is InChI=1S/C42H56O35/c43-1-22-23(2-44)65-37(16-58)67-26(5-47)27(6-48)69-39(18-60)71-30(9-51)31(10-52)73-41(20-62)75-34(13-55)35(14-56)77-42(21-63)76-33(12-54)32(11-53)74-40(19-61)72-29(8-50)28(7-49)70-38(17-59)68-25(4-46)24(3-45)66-36(15-57)64-22/h1,4-5,8-9,12-13,15-42,44-45,48-49,52-53,56H,2-3,6-7,10-11,14H2/t22-,23+,24+,25-,26-,27+,28+,29-,30-,31+,32+,33-,34-,35+,36-,37+,38-,39+,40-,41+,42-/m0/s1. The molecule has 0 unspecified atom stereocenters. The van der Waals surface area contributed by atoms with Crippen LogP contribution in [0.4, 0.5) is 0 Å². The Kier molecular flexibility index (Phi) is 36.0. The highest BCUT2D eigenvalue weighted by Crippen LogP contribution is 2.20. The SMILES string of the molecule is O=C[C@H]1O[C@@H](C=O)[C@@H](CO)O[C@@H](C=O)O[C@@H](C=O)[C@@H](CO)O[C@@H](C=O)O[C@@H](C=O)[C@@H](CO)O[C@@H](C=O)O[C@@H](C=O)[C@@H](CO)O[C@@H](C=O)O[C@@H](C=O)[C@@H](CO)O[C@@H](C=O)O[C@@H](C=O)[C@@H](CO)O[C@@H](C=O)O[C@@H](C=O)[C@@H](CO)O1. The zero-order valence-electron chi connectivity index (χ0n) is 39.7. The number of hydrogen-bond donors (Lipinski definition) is 7. The van der Waals surface area contributed by atoms with E-state index in [1.54, 1.807) is 0 Å². The third-order valence-electron chi connectivity index (χ3n) is 9.74. The van der Waals surface area contributed by atoms with Crippen molar-refractivity contribution in [3.63, 3.8) is 0 Å². The maximum atomic E-state index is 12.2. The average molecular weight is 1120 g/mol. The molecule has 0 aliphatic carbocycles. The molecule has 7 N–H and O–H groups in total. The number of aldehydes is 14. The van der Waals surface area contributed by atoms with E-state index in [0.29, 0.717) is 0 Å². The van der Waals surface area contributed by atoms with Crippen LogP contribution < -0.4 is 0 Å². The summed E-state index contributed by atoms with van der Waals surface area (Å²) < 4.78 is 72.8. The molecule has 1 fully saturated rings. The van der Waals surface area contributed by atoms with Crippen LogP contribution in [0.2, 0.25) is 0 Å². The van der Waals surface area contributed by atoms with Gasteiger partial charge >= 0.3 is 0 Å². The molecule has 1 rings (SSSR count). The Bertz CT molecular complexity index is 1450. The number of rotatable bonds is 21. The number of aliphatic hydroxyl groups excluding tert-OH is 7. The summed E-state index contributed by atoms with van der Waals surface area (Å²) in [5.41, 5.74) is 0. The number of aliphatic hydroxyl groups is 7. The Hall–Kier alpha value is -5.46. The molecule has 0 saturated carbocycles. The summed E-state index contributed by atoms with van der Waals surface area (Å²) in [7, 11) is 0. The van der Waals surface area contributed by atoms with Crippen molar-refractivity contribution in [3.05, 3.63) is 0 Å². The molecular formula is C42H56O35. The van der Waals surface area contributed by atoms with E-state index in [1.807, 2.05) is 0 Å². The lowest BCUT2D eigenvalue weighted by atomic mass is 10.2. The van der Waals surface area contributed by atoms with Crippen molar-refractivity contribution in [2.45, 2.75) is 129 Å². The number of carbonyl (C=O) groups excluding carboxylic acids is 14. The molecule has 0 aromatic rings. The van der Waals surface area contributed by atoms with Gasteiger partial charge in [-0.2, -0.15) is 0 Å². The summed E-state index contributed by atoms with van der Waals surface area (Å²) in [6, 6.07) is 0. The zero-order chi connectivity index (χ0) is 57.9. The minimum absolute atomic E-state index is 0.140. The molecule has 1 aliphatic rings. The van der Waals surface area contributed by atoms with Gasteiger partial charge in [0.15, 0.2) is 88.0 Å². The van der Waals surface area contributed by atoms with Crippen molar-refractivity contribution in [2.24, 2.45) is 0 Å². The highest BCUT2D eigenvalue weighted by Gasteiger charge is 2.40. The van der Waals surface area contributed by atoms with E-state index in [1.165, 1.54) is 0 Å². The van der Waals surface area contributed by atoms with Gasteiger partial charge in [-0.05, 0) is 0 Å². The normalized spacial score (nSPS) is 37.0. The molecule has 35 heteroatoms. The van der Waals surface area contributed by atoms with Gasteiger partial charge in [-0.3, -0.25) is 33.6 Å². The second kappa shape index (κ2) is 39.8. The van der Waals surface area contributed by atoms with Gasteiger partial charge in [0.25, 0.3) is 0 Å². The van der Waals surface area contributed by atoms with Crippen molar-refractivity contribution in [3.8, 4) is 0 Å². The van der Waals surface area contributed by atoms with E-state index in [-0.39, 0.29) is 88.0 Å². The predicted molar refractivity (Wildman–Crippen MR) is 229 cm³/mol. The molecule has 1 aliphatic heterocycles. The summed E-state index contributed by atoms with van der Waals surface area (Å²) in [6.07, 6.45) is -48.5. The second-order valence-electron chi connectivity index (χ2n) is 14.7. The van der Waals surface area contributed by atoms with Crippen molar-refractivity contribution < 1.29 is 169 Å². The fraction of sp³-hybridized carbons (Fsp3) is 0.667. The number of hydrogen-bond acceptors (Lipinski definition) is 35. The van der Waals surface area contributed by atoms with Gasteiger partial charge in [-0.15, -0.1) is 0 Å². The first-order valence-electron chi connectivity index (χ1n) is 22.0. The van der Waals surface area contributed by atoms with E-state index in [9.17, 15) is 103 Å². The molecule has 434 valence electrons. The van der Waals surface area contributed by atoms with Gasteiger partial charge in [0.05, 0.1) is 46.2 Å². The molecule has 21 atom stereocenters. The Labute approximate surface area is 432 Å². The van der Waals surface area contributed by atoms with Crippen molar-refractivity contribution in [1.29, 1.82) is 0 Å². The minimum atomic E-state index is -2.35. The highest BCUT2D eigenvalue weighted by molar-refractivity contribution is 5.64. The van der Waals surface area contributed by atoms with Crippen LogP contribution in [0.15, 0.2) is 0 Å². The van der Waals surface area contributed by atoms with Crippen LogP contribution in [0.3, 0.4) is 0 Å². The van der Waals surface area contributed by atoms with Gasteiger partial charge in [-0.25, -0.2) is 0 Å². The quantitative estimate of drug-likeness (QED) is 0.0525. The van der Waals surface area contributed by atoms with E-state index in [4.69, 9.17) is 66.3 Å². The lowest BCUT2D eigenvalue weighted by Gasteiger charge is -2.32. The van der Waals surface area contributed by atoms with Crippen LogP contribution in [-0.4, -0.2) is 299 Å². The molecule has 35 nitrogen and oxygen atoms in total. The Morgan fingerprint density at radius 3 is 0.351 bits per heavy atom. The predicted octanol–water partition coefficient (Wildman–Crippen LogP) is -10.6. The molecule has 0 aromatic carbocycles. The van der Waals surface area contributed by atoms with E-state index in [0.717, 1.165) is 0 Å². The van der Waals surface area contributed by atoms with Crippen molar-refractivity contribution in [1.82, 2.24) is 0 Å². The Morgan fingerprint density at radius 1 is 0.182 bits per heavy atom.